The van der Waals surface area contributed by atoms with Gasteiger partial charge in [-0.3, -0.25) is 19.1 Å². The molecule has 0 saturated carbocycles. The molecule has 0 unspecified atom stereocenters. The van der Waals surface area contributed by atoms with Crippen LogP contribution >= 0.6 is 0 Å². The van der Waals surface area contributed by atoms with Gasteiger partial charge in [0.2, 0.25) is 5.91 Å². The van der Waals surface area contributed by atoms with Gasteiger partial charge in [-0.05, 0) is 29.7 Å². The van der Waals surface area contributed by atoms with Gasteiger partial charge in [-0.1, -0.05) is 42.5 Å². The van der Waals surface area contributed by atoms with Gasteiger partial charge in [0.15, 0.2) is 5.69 Å². The van der Waals surface area contributed by atoms with Crippen molar-refractivity contribution >= 4 is 17.4 Å². The number of nitrogens with two attached hydrogens (primary N) is 1. The number of hydrogen-bond acceptors (Lipinski definition) is 4. The first-order chi connectivity index (χ1) is 13.9. The Morgan fingerprint density at radius 2 is 1.72 bits per heavy atom. The zero-order valence-corrected chi connectivity index (χ0v) is 15.9. The number of amides is 1. The van der Waals surface area contributed by atoms with Crippen molar-refractivity contribution in [2.45, 2.75) is 19.4 Å². The normalized spacial score (nSPS) is 10.7. The zero-order valence-electron chi connectivity index (χ0n) is 15.9. The van der Waals surface area contributed by atoms with Crippen molar-refractivity contribution in [1.82, 2.24) is 9.55 Å². The van der Waals surface area contributed by atoms with E-state index in [0.29, 0.717) is 6.42 Å². The molecule has 0 spiro atoms. The van der Waals surface area contributed by atoms with E-state index in [4.69, 9.17) is 5.73 Å². The number of H-pyrrole nitrogens is 1. The molecule has 150 valence electrons. The van der Waals surface area contributed by atoms with E-state index in [0.717, 1.165) is 16.0 Å². The summed E-state index contributed by atoms with van der Waals surface area (Å²) < 4.78 is 14.2. The Bertz CT molecular complexity index is 1120. The maximum absolute atomic E-state index is 13.0. The molecule has 1 amide bonds. The number of aromatic nitrogens is 2. The fourth-order valence-corrected chi connectivity index (χ4v) is 3.02. The minimum absolute atomic E-state index is 0.0790. The lowest BCUT2D eigenvalue weighted by atomic mass is 10.1. The molecule has 0 radical (unpaired) electrons. The van der Waals surface area contributed by atoms with Gasteiger partial charge in [-0.15, -0.1) is 0 Å². The van der Waals surface area contributed by atoms with E-state index >= 15 is 0 Å². The van der Waals surface area contributed by atoms with Crippen LogP contribution in [0.5, 0.6) is 0 Å². The number of carbonyl (C=O) groups is 1. The predicted octanol–water partition coefficient (Wildman–Crippen LogP) is 1.90. The number of aromatic amines is 1. The third-order valence-electron chi connectivity index (χ3n) is 4.65. The molecule has 1 aromatic heterocycles. The van der Waals surface area contributed by atoms with Gasteiger partial charge in [-0.2, -0.15) is 0 Å². The Morgan fingerprint density at radius 3 is 2.38 bits per heavy atom. The van der Waals surface area contributed by atoms with Gasteiger partial charge in [0.1, 0.15) is 11.6 Å². The second kappa shape index (κ2) is 8.55. The summed E-state index contributed by atoms with van der Waals surface area (Å²) in [6.45, 7) is 0.160. The number of carbonyl (C=O) groups excluding carboxylic acids is 1. The summed E-state index contributed by atoms with van der Waals surface area (Å²) in [4.78, 5) is 40.6. The van der Waals surface area contributed by atoms with Crippen LogP contribution in [0.15, 0.2) is 64.2 Å². The number of anilines is 2. The van der Waals surface area contributed by atoms with Crippen molar-refractivity contribution in [3.8, 4) is 0 Å². The average Bonchev–Trinajstić information content (AvgIpc) is 2.71. The molecule has 3 N–H and O–H groups in total. The number of hydrogen-bond donors (Lipinski definition) is 2. The highest BCUT2D eigenvalue weighted by Crippen LogP contribution is 2.18. The van der Waals surface area contributed by atoms with Crippen LogP contribution < -0.4 is 21.9 Å². The summed E-state index contributed by atoms with van der Waals surface area (Å²) in [5.41, 5.74) is 6.27. The maximum atomic E-state index is 13.0. The van der Waals surface area contributed by atoms with Gasteiger partial charge in [0.25, 0.3) is 5.56 Å². The fourth-order valence-electron chi connectivity index (χ4n) is 3.02. The maximum Gasteiger partial charge on any atom is 0.330 e. The Hall–Kier alpha value is -3.68. The van der Waals surface area contributed by atoms with E-state index in [1.54, 1.807) is 12.1 Å². The van der Waals surface area contributed by atoms with Crippen LogP contribution in [0.4, 0.5) is 15.9 Å². The van der Waals surface area contributed by atoms with E-state index in [9.17, 15) is 18.8 Å². The van der Waals surface area contributed by atoms with Crippen LogP contribution in [0.3, 0.4) is 0 Å². The molecule has 29 heavy (non-hydrogen) atoms. The SMILES string of the molecule is CN(C(=O)CCc1ccc(F)cc1)c1c(N)n(Cc2ccccc2)c(=O)[nH]c1=O. The lowest BCUT2D eigenvalue weighted by molar-refractivity contribution is -0.118. The van der Waals surface area contributed by atoms with Crippen molar-refractivity contribution < 1.29 is 9.18 Å². The van der Waals surface area contributed by atoms with Crippen molar-refractivity contribution in [1.29, 1.82) is 0 Å². The first-order valence-electron chi connectivity index (χ1n) is 9.04. The van der Waals surface area contributed by atoms with Crippen molar-refractivity contribution in [3.63, 3.8) is 0 Å². The van der Waals surface area contributed by atoms with E-state index < -0.39 is 11.2 Å². The van der Waals surface area contributed by atoms with E-state index in [-0.39, 0.29) is 36.2 Å². The molecule has 0 aliphatic rings. The number of rotatable bonds is 6. The Kier molecular flexibility index (Phi) is 5.92. The number of nitrogens with zero attached hydrogens (tertiary/aromatic N) is 2. The molecule has 3 aromatic rings. The van der Waals surface area contributed by atoms with Gasteiger partial charge < -0.3 is 10.6 Å². The Labute approximate surface area is 166 Å². The van der Waals surface area contributed by atoms with Crippen LogP contribution in [0, 0.1) is 5.82 Å². The van der Waals surface area contributed by atoms with Crippen LogP contribution in [-0.4, -0.2) is 22.5 Å². The number of halogens is 1. The van der Waals surface area contributed by atoms with Gasteiger partial charge in [0.05, 0.1) is 6.54 Å². The first-order valence-corrected chi connectivity index (χ1v) is 9.04. The summed E-state index contributed by atoms with van der Waals surface area (Å²) in [5, 5.41) is 0. The lowest BCUT2D eigenvalue weighted by Crippen LogP contribution is -2.39. The van der Waals surface area contributed by atoms with Gasteiger partial charge in [-0.25, -0.2) is 9.18 Å². The average molecular weight is 396 g/mol. The highest BCUT2D eigenvalue weighted by atomic mass is 19.1. The second-order valence-corrected chi connectivity index (χ2v) is 6.64. The minimum atomic E-state index is -0.727. The largest absolute Gasteiger partial charge is 0.383 e. The van der Waals surface area contributed by atoms with Gasteiger partial charge >= 0.3 is 5.69 Å². The van der Waals surface area contributed by atoms with Crippen molar-refractivity contribution in [2.75, 3.05) is 17.7 Å². The minimum Gasteiger partial charge on any atom is -0.383 e. The summed E-state index contributed by atoms with van der Waals surface area (Å²) in [5.74, 6) is -0.783. The summed E-state index contributed by atoms with van der Waals surface area (Å²) in [6.07, 6.45) is 0.476. The van der Waals surface area contributed by atoms with E-state index in [2.05, 4.69) is 4.98 Å². The van der Waals surface area contributed by atoms with Crippen molar-refractivity contribution in [3.05, 3.63) is 92.4 Å². The van der Waals surface area contributed by atoms with Crippen LogP contribution in [0.2, 0.25) is 0 Å². The summed E-state index contributed by atoms with van der Waals surface area (Å²) in [7, 11) is 1.44. The predicted molar refractivity (Wildman–Crippen MR) is 109 cm³/mol. The standard InChI is InChI=1S/C21H21FN4O3/c1-25(17(27)12-9-14-7-10-16(22)11-8-14)18-19(23)26(21(29)24-20(18)28)13-15-5-3-2-4-6-15/h2-8,10-11H,9,12-13,23H2,1H3,(H,24,28,29). The molecule has 8 heteroatoms. The Morgan fingerprint density at radius 1 is 1.07 bits per heavy atom. The molecule has 0 saturated heterocycles. The molecular formula is C21H21FN4O3. The molecule has 0 aliphatic heterocycles. The quantitative estimate of drug-likeness (QED) is 0.664. The molecule has 7 nitrogen and oxygen atoms in total. The van der Waals surface area contributed by atoms with Crippen LogP contribution in [0.25, 0.3) is 0 Å². The third kappa shape index (κ3) is 4.60. The zero-order chi connectivity index (χ0) is 21.0. The summed E-state index contributed by atoms with van der Waals surface area (Å²) >= 11 is 0. The Balaban J connectivity index is 1.83. The third-order valence-corrected chi connectivity index (χ3v) is 4.65. The number of nitrogen functional groups attached to an aromatic ring is 1. The molecule has 3 rings (SSSR count). The molecule has 0 bridgehead atoms. The smallest absolute Gasteiger partial charge is 0.330 e. The van der Waals surface area contributed by atoms with E-state index in [1.165, 1.54) is 23.7 Å². The number of nitrogens with one attached hydrogen (secondary N) is 1. The molecule has 2 aromatic carbocycles. The topological polar surface area (TPSA) is 101 Å². The van der Waals surface area contributed by atoms with E-state index in [1.807, 2.05) is 30.3 Å². The first kappa shape index (κ1) is 20.1. The molecule has 0 atom stereocenters. The fraction of sp³-hybridized carbons (Fsp3) is 0.190. The molecule has 0 aliphatic carbocycles. The van der Waals surface area contributed by atoms with Crippen LogP contribution in [-0.2, 0) is 17.8 Å². The lowest BCUT2D eigenvalue weighted by Gasteiger charge is -2.20. The summed E-state index contributed by atoms with van der Waals surface area (Å²) in [6, 6.07) is 15.0. The number of benzene rings is 2. The highest BCUT2D eigenvalue weighted by molar-refractivity contribution is 5.95. The monoisotopic (exact) mass is 396 g/mol. The second-order valence-electron chi connectivity index (χ2n) is 6.64. The van der Waals surface area contributed by atoms with Crippen LogP contribution in [0.1, 0.15) is 17.5 Å². The number of aryl methyl sites for hydroxylation is 1. The highest BCUT2D eigenvalue weighted by Gasteiger charge is 2.21. The molecule has 0 fully saturated rings. The van der Waals surface area contributed by atoms with Crippen molar-refractivity contribution in [2.24, 2.45) is 0 Å². The van der Waals surface area contributed by atoms with Gasteiger partial charge in [0, 0.05) is 13.5 Å². The molecular weight excluding hydrogens is 375 g/mol. The molecule has 1 heterocycles.